The van der Waals surface area contributed by atoms with E-state index in [9.17, 15) is 4.79 Å². The number of carbonyl (C=O) groups excluding carboxylic acids is 1. The molecule has 1 spiro atoms. The van der Waals surface area contributed by atoms with Crippen LogP contribution in [-0.4, -0.2) is 11.4 Å². The van der Waals surface area contributed by atoms with E-state index < -0.39 is 0 Å². The molecule has 3 heteroatoms. The van der Waals surface area contributed by atoms with E-state index in [1.807, 2.05) is 0 Å². The van der Waals surface area contributed by atoms with Crippen LogP contribution < -0.4 is 0 Å². The molecule has 2 rings (SSSR count). The van der Waals surface area contributed by atoms with Crippen molar-refractivity contribution < 1.29 is 4.79 Å². The maximum atomic E-state index is 10.2. The molecule has 1 aliphatic heterocycles. The van der Waals surface area contributed by atoms with E-state index in [4.69, 9.17) is 0 Å². The minimum Gasteiger partial charge on any atom is -0.299 e. The second kappa shape index (κ2) is 0.638. The van der Waals surface area contributed by atoms with Crippen LogP contribution in [0.15, 0.2) is 10.2 Å². The second-order valence-corrected chi connectivity index (χ2v) is 2.07. The van der Waals surface area contributed by atoms with Crippen molar-refractivity contribution in [3.05, 3.63) is 0 Å². The number of Topliss-reactive ketones (excluding diaryl/α,β-unsaturated/α-hetero) is 1. The fourth-order valence-electron chi connectivity index (χ4n) is 0.792. The quantitative estimate of drug-likeness (QED) is 0.433. The predicted molar refractivity (Wildman–Crippen MR) is 21.8 cm³/mol. The molecule has 0 saturated heterocycles. The fourth-order valence-corrected chi connectivity index (χ4v) is 0.792. The smallest absolute Gasteiger partial charge is 0.204 e. The Morgan fingerprint density at radius 2 is 2.00 bits per heavy atom. The molecule has 7 heavy (non-hydrogen) atoms. The molecule has 0 aromatic carbocycles. The molecule has 0 atom stereocenters. The van der Waals surface area contributed by atoms with Gasteiger partial charge in [-0.1, -0.05) is 0 Å². The van der Waals surface area contributed by atoms with Gasteiger partial charge >= 0.3 is 0 Å². The van der Waals surface area contributed by atoms with E-state index in [-0.39, 0.29) is 5.66 Å². The largest absolute Gasteiger partial charge is 0.299 e. The Bertz CT molecular complexity index is 145. The van der Waals surface area contributed by atoms with Gasteiger partial charge in [-0.05, 0) is 0 Å². The SMILES string of the molecule is O=C1CC2(C1)N=N2. The molecule has 0 radical (unpaired) electrons. The number of hydrogen-bond donors (Lipinski definition) is 0. The minimum atomic E-state index is -0.156. The third-order valence-electron chi connectivity index (χ3n) is 1.34. The number of rotatable bonds is 0. The molecule has 0 amide bonds. The van der Waals surface area contributed by atoms with Gasteiger partial charge < -0.3 is 0 Å². The van der Waals surface area contributed by atoms with Crippen molar-refractivity contribution >= 4 is 5.78 Å². The van der Waals surface area contributed by atoms with Crippen LogP contribution >= 0.6 is 0 Å². The maximum absolute atomic E-state index is 10.2. The molecule has 1 fully saturated rings. The molecule has 1 heterocycles. The van der Waals surface area contributed by atoms with Crippen LogP contribution in [0.4, 0.5) is 0 Å². The Balaban J connectivity index is 2.11. The van der Waals surface area contributed by atoms with E-state index in [1.165, 1.54) is 0 Å². The first kappa shape index (κ1) is 3.29. The third kappa shape index (κ3) is 0.277. The summed E-state index contributed by atoms with van der Waals surface area (Å²) < 4.78 is 0. The third-order valence-corrected chi connectivity index (χ3v) is 1.34. The Kier molecular flexibility index (Phi) is 0.300. The van der Waals surface area contributed by atoms with E-state index >= 15 is 0 Å². The normalized spacial score (nSPS) is 30.6. The highest BCUT2D eigenvalue weighted by Crippen LogP contribution is 2.43. The van der Waals surface area contributed by atoms with E-state index in [1.54, 1.807) is 0 Å². The average Bonchev–Trinajstić information content (AvgIpc) is 2.14. The van der Waals surface area contributed by atoms with Gasteiger partial charge in [0.15, 0.2) is 0 Å². The van der Waals surface area contributed by atoms with Gasteiger partial charge in [0, 0.05) is 0 Å². The van der Waals surface area contributed by atoms with Gasteiger partial charge in [0.25, 0.3) is 0 Å². The van der Waals surface area contributed by atoms with Crippen molar-refractivity contribution in [3.8, 4) is 0 Å². The number of nitrogens with zero attached hydrogens (tertiary/aromatic N) is 2. The van der Waals surface area contributed by atoms with Crippen LogP contribution in [0.1, 0.15) is 12.8 Å². The Labute approximate surface area is 40.4 Å². The van der Waals surface area contributed by atoms with Gasteiger partial charge in [-0.2, -0.15) is 10.2 Å². The Morgan fingerprint density at radius 1 is 1.43 bits per heavy atom. The second-order valence-electron chi connectivity index (χ2n) is 2.07. The van der Waals surface area contributed by atoms with Crippen LogP contribution in [-0.2, 0) is 4.79 Å². The molecule has 0 bridgehead atoms. The lowest BCUT2D eigenvalue weighted by atomic mass is 9.88. The summed E-state index contributed by atoms with van der Waals surface area (Å²) in [6.07, 6.45) is 1.15. The average molecular weight is 96.1 g/mol. The zero-order chi connectivity index (χ0) is 4.91. The zero-order valence-corrected chi connectivity index (χ0v) is 3.72. The lowest BCUT2D eigenvalue weighted by molar-refractivity contribution is -0.125. The summed E-state index contributed by atoms with van der Waals surface area (Å²) in [5, 5.41) is 7.39. The number of carbonyl (C=O) groups is 1. The summed E-state index contributed by atoms with van der Waals surface area (Å²) in [7, 11) is 0. The first-order chi connectivity index (χ1) is 3.31. The van der Waals surface area contributed by atoms with Crippen molar-refractivity contribution in [2.24, 2.45) is 10.2 Å². The summed E-state index contributed by atoms with van der Waals surface area (Å²) >= 11 is 0. The van der Waals surface area contributed by atoms with Crippen molar-refractivity contribution in [2.75, 3.05) is 0 Å². The summed E-state index contributed by atoms with van der Waals surface area (Å²) in [6.45, 7) is 0. The van der Waals surface area contributed by atoms with Crippen molar-refractivity contribution in [1.82, 2.24) is 0 Å². The lowest BCUT2D eigenvalue weighted by Crippen LogP contribution is -2.31. The van der Waals surface area contributed by atoms with Crippen LogP contribution in [0.3, 0.4) is 0 Å². The van der Waals surface area contributed by atoms with E-state index in [2.05, 4.69) is 10.2 Å². The van der Waals surface area contributed by atoms with Gasteiger partial charge in [-0.15, -0.1) is 0 Å². The summed E-state index contributed by atoms with van der Waals surface area (Å²) in [5.41, 5.74) is -0.156. The lowest BCUT2D eigenvalue weighted by Gasteiger charge is -2.16. The molecule has 36 valence electrons. The predicted octanol–water partition coefficient (Wildman–Crippen LogP) is 0.511. The molecule has 0 aromatic rings. The highest BCUT2D eigenvalue weighted by molar-refractivity contribution is 5.88. The Hall–Kier alpha value is -0.730. The number of hydrogen-bond acceptors (Lipinski definition) is 3. The first-order valence-electron chi connectivity index (χ1n) is 2.27. The maximum Gasteiger partial charge on any atom is 0.204 e. The van der Waals surface area contributed by atoms with Crippen LogP contribution in [0.5, 0.6) is 0 Å². The summed E-state index contributed by atoms with van der Waals surface area (Å²) in [4.78, 5) is 10.2. The van der Waals surface area contributed by atoms with Gasteiger partial charge in [0.1, 0.15) is 5.78 Å². The molecule has 0 aromatic heterocycles. The van der Waals surface area contributed by atoms with Gasteiger partial charge in [0.2, 0.25) is 5.66 Å². The topological polar surface area (TPSA) is 41.8 Å². The van der Waals surface area contributed by atoms with Crippen molar-refractivity contribution in [3.63, 3.8) is 0 Å². The molecule has 0 unspecified atom stereocenters. The molecule has 0 N–H and O–H groups in total. The summed E-state index contributed by atoms with van der Waals surface area (Å²) in [5.74, 6) is 0.296. The molecule has 1 aliphatic carbocycles. The zero-order valence-electron chi connectivity index (χ0n) is 3.72. The Morgan fingerprint density at radius 3 is 2.14 bits per heavy atom. The standard InChI is InChI=1S/C4H4N2O/c7-3-1-4(2-3)5-6-4/h1-2H2. The van der Waals surface area contributed by atoms with E-state index in [0.717, 1.165) is 0 Å². The molecule has 1 saturated carbocycles. The monoisotopic (exact) mass is 96.0 g/mol. The first-order valence-corrected chi connectivity index (χ1v) is 2.27. The minimum absolute atomic E-state index is 0.156. The number of ketones is 1. The van der Waals surface area contributed by atoms with Gasteiger partial charge in [-0.3, -0.25) is 4.79 Å². The highest BCUT2D eigenvalue weighted by atomic mass is 16.1. The van der Waals surface area contributed by atoms with Crippen LogP contribution in [0.25, 0.3) is 0 Å². The van der Waals surface area contributed by atoms with Gasteiger partial charge in [-0.25, -0.2) is 0 Å². The van der Waals surface area contributed by atoms with Crippen LogP contribution in [0.2, 0.25) is 0 Å². The molecular weight excluding hydrogens is 92.1 g/mol. The van der Waals surface area contributed by atoms with Crippen molar-refractivity contribution in [1.29, 1.82) is 0 Å². The molecule has 3 nitrogen and oxygen atoms in total. The van der Waals surface area contributed by atoms with Crippen LogP contribution in [0, 0.1) is 0 Å². The molecule has 2 aliphatic rings. The van der Waals surface area contributed by atoms with Gasteiger partial charge in [0.05, 0.1) is 12.8 Å². The molecular formula is C4H4N2O. The fraction of sp³-hybridized carbons (Fsp3) is 0.750. The highest BCUT2D eigenvalue weighted by Gasteiger charge is 2.52. The van der Waals surface area contributed by atoms with Crippen molar-refractivity contribution in [2.45, 2.75) is 18.5 Å². The van der Waals surface area contributed by atoms with E-state index in [0.29, 0.717) is 18.6 Å². The summed E-state index contributed by atoms with van der Waals surface area (Å²) in [6, 6.07) is 0.